The van der Waals surface area contributed by atoms with Crippen LogP contribution < -0.4 is 0 Å². The molecule has 94 valence electrons. The predicted octanol–water partition coefficient (Wildman–Crippen LogP) is 2.85. The Morgan fingerprint density at radius 2 is 2.12 bits per heavy atom. The Morgan fingerprint density at radius 1 is 1.47 bits per heavy atom. The number of carboxylic acids is 1. The number of likely N-dealkylation sites (tertiary alicyclic amines) is 1. The van der Waals surface area contributed by atoms with Gasteiger partial charge >= 0.3 is 5.97 Å². The summed E-state index contributed by atoms with van der Waals surface area (Å²) in [5.74, 6) is 0.433. The zero-order valence-electron chi connectivity index (χ0n) is 10.3. The van der Waals surface area contributed by atoms with E-state index >= 15 is 0 Å². The van der Waals surface area contributed by atoms with E-state index < -0.39 is 12.0 Å². The normalized spacial score (nSPS) is 27.9. The molecule has 17 heavy (non-hydrogen) atoms. The molecule has 0 bridgehead atoms. The maximum Gasteiger partial charge on any atom is 0.325 e. The summed E-state index contributed by atoms with van der Waals surface area (Å²) in [7, 11) is 0. The number of hydrogen-bond donors (Lipinski definition) is 1. The predicted molar refractivity (Wildman–Crippen MR) is 69.2 cm³/mol. The molecule has 1 aliphatic rings. The van der Waals surface area contributed by atoms with Gasteiger partial charge in [-0.05, 0) is 40.6 Å². The van der Waals surface area contributed by atoms with Gasteiger partial charge in [0.25, 0.3) is 0 Å². The van der Waals surface area contributed by atoms with E-state index in [0.29, 0.717) is 11.8 Å². The molecular formula is C13H19NO2S. The van der Waals surface area contributed by atoms with Crippen LogP contribution in [0.15, 0.2) is 16.8 Å². The topological polar surface area (TPSA) is 40.5 Å². The molecule has 1 aromatic heterocycles. The van der Waals surface area contributed by atoms with E-state index in [9.17, 15) is 9.90 Å². The number of piperidine rings is 1. The summed E-state index contributed by atoms with van der Waals surface area (Å²) in [5.41, 5.74) is 0.920. The number of rotatable bonds is 3. The number of carbonyl (C=O) groups is 1. The molecule has 4 heteroatoms. The first-order valence-electron chi connectivity index (χ1n) is 6.07. The molecule has 1 fully saturated rings. The van der Waals surface area contributed by atoms with Crippen molar-refractivity contribution < 1.29 is 9.90 Å². The molecule has 0 spiro atoms. The fraction of sp³-hybridized carbons (Fsp3) is 0.615. The zero-order chi connectivity index (χ0) is 12.4. The minimum Gasteiger partial charge on any atom is -0.480 e. The largest absolute Gasteiger partial charge is 0.480 e. The summed E-state index contributed by atoms with van der Waals surface area (Å²) in [4.78, 5) is 13.6. The highest BCUT2D eigenvalue weighted by Crippen LogP contribution is 2.30. The third-order valence-electron chi connectivity index (χ3n) is 3.36. The van der Waals surface area contributed by atoms with Crippen LogP contribution in [0.2, 0.25) is 0 Å². The second-order valence-corrected chi connectivity index (χ2v) is 5.98. The summed E-state index contributed by atoms with van der Waals surface area (Å²) in [6, 6.07) is 1.46. The lowest BCUT2D eigenvalue weighted by Gasteiger charge is -2.38. The van der Waals surface area contributed by atoms with Crippen molar-refractivity contribution in [2.45, 2.75) is 26.3 Å². The average molecular weight is 253 g/mol. The molecule has 1 N–H and O–H groups in total. The molecule has 2 heterocycles. The minimum atomic E-state index is -0.732. The Labute approximate surface area is 106 Å². The summed E-state index contributed by atoms with van der Waals surface area (Å²) >= 11 is 1.56. The van der Waals surface area contributed by atoms with E-state index in [-0.39, 0.29) is 0 Å². The van der Waals surface area contributed by atoms with Crippen LogP contribution in [-0.2, 0) is 4.79 Å². The van der Waals surface area contributed by atoms with Gasteiger partial charge in [0.15, 0.2) is 0 Å². The fourth-order valence-electron chi connectivity index (χ4n) is 2.86. The summed E-state index contributed by atoms with van der Waals surface area (Å²) < 4.78 is 0. The number of thiophene rings is 1. The molecule has 3 nitrogen and oxygen atoms in total. The molecule has 2 rings (SSSR count). The van der Waals surface area contributed by atoms with Gasteiger partial charge in [-0.15, -0.1) is 0 Å². The Morgan fingerprint density at radius 3 is 2.59 bits per heavy atom. The summed E-state index contributed by atoms with van der Waals surface area (Å²) in [5, 5.41) is 13.3. The Bertz CT molecular complexity index is 367. The number of hydrogen-bond acceptors (Lipinski definition) is 3. The van der Waals surface area contributed by atoms with E-state index in [1.807, 2.05) is 16.8 Å². The van der Waals surface area contributed by atoms with Crippen molar-refractivity contribution in [3.63, 3.8) is 0 Å². The lowest BCUT2D eigenvalue weighted by atomic mass is 9.90. The lowest BCUT2D eigenvalue weighted by Crippen LogP contribution is -2.43. The van der Waals surface area contributed by atoms with Crippen molar-refractivity contribution in [3.05, 3.63) is 22.4 Å². The molecule has 1 aromatic rings. The van der Waals surface area contributed by atoms with Crippen LogP contribution in [0.3, 0.4) is 0 Å². The highest BCUT2D eigenvalue weighted by molar-refractivity contribution is 7.08. The molecule has 3 atom stereocenters. The van der Waals surface area contributed by atoms with Gasteiger partial charge in [-0.25, -0.2) is 0 Å². The molecule has 0 aliphatic carbocycles. The third-order valence-corrected chi connectivity index (χ3v) is 4.06. The maximum atomic E-state index is 11.5. The summed E-state index contributed by atoms with van der Waals surface area (Å²) in [6.07, 6.45) is 1.20. The molecular weight excluding hydrogens is 234 g/mol. The standard InChI is InChI=1S/C13H19NO2S/c1-9-5-10(2)7-14(6-9)12(13(15)16)11-3-4-17-8-11/h3-4,8-10,12H,5-7H2,1-2H3,(H,15,16). The van der Waals surface area contributed by atoms with Crippen molar-refractivity contribution in [1.82, 2.24) is 4.90 Å². The van der Waals surface area contributed by atoms with Gasteiger partial charge in [0.1, 0.15) is 6.04 Å². The van der Waals surface area contributed by atoms with Crippen molar-refractivity contribution in [3.8, 4) is 0 Å². The van der Waals surface area contributed by atoms with Gasteiger partial charge in [0, 0.05) is 13.1 Å². The van der Waals surface area contributed by atoms with Gasteiger partial charge in [-0.3, -0.25) is 9.69 Å². The SMILES string of the molecule is CC1CC(C)CN(C(C(=O)O)c2ccsc2)C1. The van der Waals surface area contributed by atoms with E-state index in [1.54, 1.807) is 11.3 Å². The van der Waals surface area contributed by atoms with Crippen LogP contribution in [0.5, 0.6) is 0 Å². The molecule has 3 unspecified atom stereocenters. The number of aliphatic carboxylic acids is 1. The van der Waals surface area contributed by atoms with E-state index in [0.717, 1.165) is 18.7 Å². The number of carboxylic acid groups (broad SMARTS) is 1. The first-order valence-corrected chi connectivity index (χ1v) is 7.01. The first-order chi connectivity index (χ1) is 8.08. The van der Waals surface area contributed by atoms with Crippen molar-refractivity contribution in [2.75, 3.05) is 13.1 Å². The van der Waals surface area contributed by atoms with Crippen LogP contribution in [0.4, 0.5) is 0 Å². The van der Waals surface area contributed by atoms with Gasteiger partial charge in [0.05, 0.1) is 0 Å². The molecule has 0 saturated carbocycles. The van der Waals surface area contributed by atoms with Gasteiger partial charge in [-0.2, -0.15) is 11.3 Å². The van der Waals surface area contributed by atoms with Crippen LogP contribution in [0, 0.1) is 11.8 Å². The molecule has 1 aliphatic heterocycles. The fourth-order valence-corrected chi connectivity index (χ4v) is 3.54. The summed E-state index contributed by atoms with van der Waals surface area (Å²) in [6.45, 7) is 6.18. The molecule has 0 aromatic carbocycles. The van der Waals surface area contributed by atoms with Crippen LogP contribution in [0.25, 0.3) is 0 Å². The van der Waals surface area contributed by atoms with E-state index in [1.165, 1.54) is 6.42 Å². The third kappa shape index (κ3) is 2.87. The van der Waals surface area contributed by atoms with Crippen molar-refractivity contribution >= 4 is 17.3 Å². The van der Waals surface area contributed by atoms with Crippen LogP contribution >= 0.6 is 11.3 Å². The van der Waals surface area contributed by atoms with Gasteiger partial charge in [0.2, 0.25) is 0 Å². The molecule has 1 saturated heterocycles. The maximum absolute atomic E-state index is 11.5. The number of nitrogens with zero attached hydrogens (tertiary/aromatic N) is 1. The average Bonchev–Trinajstić information content (AvgIpc) is 2.68. The smallest absolute Gasteiger partial charge is 0.325 e. The highest BCUT2D eigenvalue weighted by Gasteiger charge is 2.32. The second-order valence-electron chi connectivity index (χ2n) is 5.20. The molecule has 0 amide bonds. The van der Waals surface area contributed by atoms with Crippen LogP contribution in [-0.4, -0.2) is 29.1 Å². The Hall–Kier alpha value is -0.870. The van der Waals surface area contributed by atoms with Gasteiger partial charge < -0.3 is 5.11 Å². The second kappa shape index (κ2) is 5.19. The monoisotopic (exact) mass is 253 g/mol. The van der Waals surface area contributed by atoms with E-state index in [2.05, 4.69) is 18.7 Å². The van der Waals surface area contributed by atoms with Gasteiger partial charge in [-0.1, -0.05) is 13.8 Å². The first kappa shape index (κ1) is 12.6. The zero-order valence-corrected chi connectivity index (χ0v) is 11.1. The lowest BCUT2D eigenvalue weighted by molar-refractivity contribution is -0.144. The quantitative estimate of drug-likeness (QED) is 0.900. The molecule has 0 radical (unpaired) electrons. The van der Waals surface area contributed by atoms with Crippen molar-refractivity contribution in [2.24, 2.45) is 11.8 Å². The van der Waals surface area contributed by atoms with Crippen LogP contribution in [0.1, 0.15) is 31.9 Å². The highest BCUT2D eigenvalue weighted by atomic mass is 32.1. The van der Waals surface area contributed by atoms with E-state index in [4.69, 9.17) is 0 Å². The Balaban J connectivity index is 2.19. The Kier molecular flexibility index (Phi) is 3.84. The minimum absolute atomic E-state index is 0.466. The van der Waals surface area contributed by atoms with Crippen molar-refractivity contribution in [1.29, 1.82) is 0 Å².